The third kappa shape index (κ3) is 5.21. The Morgan fingerprint density at radius 2 is 2.05 bits per heavy atom. The number of benzene rings is 1. The molecule has 0 bridgehead atoms. The summed E-state index contributed by atoms with van der Waals surface area (Å²) in [6, 6.07) is 11.3. The molecule has 0 aromatic heterocycles. The Hall–Kier alpha value is -0.940. The largest absolute Gasteiger partial charge is 0.382 e. The van der Waals surface area contributed by atoms with Gasteiger partial charge in [0, 0.05) is 39.3 Å². The normalized spacial score (nSPS) is 20.1. The first-order chi connectivity index (χ1) is 9.90. The quantitative estimate of drug-likeness (QED) is 0.724. The van der Waals surface area contributed by atoms with Crippen molar-refractivity contribution >= 4 is 0 Å². The summed E-state index contributed by atoms with van der Waals surface area (Å²) < 4.78 is 10.6. The van der Waals surface area contributed by atoms with Crippen molar-refractivity contribution in [3.8, 4) is 0 Å². The lowest BCUT2D eigenvalue weighted by Crippen LogP contribution is -2.53. The van der Waals surface area contributed by atoms with Crippen molar-refractivity contribution in [1.82, 2.24) is 10.2 Å². The first-order valence-electron chi connectivity index (χ1n) is 7.45. The molecule has 1 fully saturated rings. The SMILES string of the molecule is COCCOCCN1CCNCC1Cc1ccccc1. The fourth-order valence-corrected chi connectivity index (χ4v) is 2.61. The van der Waals surface area contributed by atoms with E-state index in [2.05, 4.69) is 40.5 Å². The van der Waals surface area contributed by atoms with Gasteiger partial charge in [-0.3, -0.25) is 4.90 Å². The van der Waals surface area contributed by atoms with Crippen molar-refractivity contribution in [3.63, 3.8) is 0 Å². The highest BCUT2D eigenvalue weighted by molar-refractivity contribution is 5.16. The molecular formula is C16H26N2O2. The molecule has 0 spiro atoms. The summed E-state index contributed by atoms with van der Waals surface area (Å²) in [6.07, 6.45) is 1.10. The molecule has 1 aromatic carbocycles. The molecule has 112 valence electrons. The molecule has 1 N–H and O–H groups in total. The lowest BCUT2D eigenvalue weighted by atomic mass is 10.0. The number of piperazine rings is 1. The van der Waals surface area contributed by atoms with Crippen molar-refractivity contribution in [2.45, 2.75) is 12.5 Å². The minimum absolute atomic E-state index is 0.567. The molecule has 1 aromatic rings. The zero-order valence-electron chi connectivity index (χ0n) is 12.4. The van der Waals surface area contributed by atoms with E-state index in [0.717, 1.165) is 39.2 Å². The molecule has 4 heteroatoms. The standard InChI is InChI=1S/C16H26N2O2/c1-19-11-12-20-10-9-18-8-7-17-14-16(18)13-15-5-3-2-4-6-15/h2-6,16-17H,7-14H2,1H3. The highest BCUT2D eigenvalue weighted by Crippen LogP contribution is 2.10. The maximum Gasteiger partial charge on any atom is 0.0700 e. The van der Waals surface area contributed by atoms with Crippen LogP contribution in [0.3, 0.4) is 0 Å². The summed E-state index contributed by atoms with van der Waals surface area (Å²) in [6.45, 7) is 6.39. The van der Waals surface area contributed by atoms with Gasteiger partial charge in [-0.15, -0.1) is 0 Å². The van der Waals surface area contributed by atoms with Crippen LogP contribution in [0, 0.1) is 0 Å². The number of methoxy groups -OCH3 is 1. The summed E-state index contributed by atoms with van der Waals surface area (Å²) in [4.78, 5) is 2.54. The number of hydrogen-bond donors (Lipinski definition) is 1. The summed E-state index contributed by atoms with van der Waals surface area (Å²) in [5, 5.41) is 3.49. The van der Waals surface area contributed by atoms with Crippen LogP contribution in [0.2, 0.25) is 0 Å². The predicted octanol–water partition coefficient (Wildman–Crippen LogP) is 1.17. The second kappa shape index (κ2) is 9.08. The maximum absolute atomic E-state index is 5.59. The monoisotopic (exact) mass is 278 g/mol. The van der Waals surface area contributed by atoms with Gasteiger partial charge < -0.3 is 14.8 Å². The number of hydrogen-bond acceptors (Lipinski definition) is 4. The van der Waals surface area contributed by atoms with Crippen LogP contribution in [0.15, 0.2) is 30.3 Å². The molecule has 1 aliphatic rings. The van der Waals surface area contributed by atoms with Crippen molar-refractivity contribution in [3.05, 3.63) is 35.9 Å². The second-order valence-electron chi connectivity index (χ2n) is 5.19. The van der Waals surface area contributed by atoms with E-state index in [4.69, 9.17) is 9.47 Å². The molecule has 1 atom stereocenters. The molecule has 4 nitrogen and oxygen atoms in total. The molecule has 0 radical (unpaired) electrons. The van der Waals surface area contributed by atoms with Gasteiger partial charge in [0.1, 0.15) is 0 Å². The minimum Gasteiger partial charge on any atom is -0.382 e. The average Bonchev–Trinajstić information content (AvgIpc) is 2.50. The smallest absolute Gasteiger partial charge is 0.0700 e. The second-order valence-corrected chi connectivity index (χ2v) is 5.19. The Morgan fingerprint density at radius 1 is 1.20 bits per heavy atom. The van der Waals surface area contributed by atoms with Gasteiger partial charge in [0.15, 0.2) is 0 Å². The summed E-state index contributed by atoms with van der Waals surface area (Å²) >= 11 is 0. The molecule has 20 heavy (non-hydrogen) atoms. The van der Waals surface area contributed by atoms with Crippen molar-refractivity contribution in [1.29, 1.82) is 0 Å². The Kier molecular flexibility index (Phi) is 7.01. The lowest BCUT2D eigenvalue weighted by Gasteiger charge is -2.36. The van der Waals surface area contributed by atoms with Crippen LogP contribution in [-0.4, -0.2) is 64.1 Å². The Bertz CT molecular complexity index is 359. The van der Waals surface area contributed by atoms with Gasteiger partial charge in [-0.1, -0.05) is 30.3 Å². The Morgan fingerprint density at radius 3 is 2.85 bits per heavy atom. The van der Waals surface area contributed by atoms with E-state index in [1.165, 1.54) is 5.56 Å². The van der Waals surface area contributed by atoms with E-state index in [1.807, 2.05) is 0 Å². The van der Waals surface area contributed by atoms with Crippen LogP contribution in [0.5, 0.6) is 0 Å². The summed E-state index contributed by atoms with van der Waals surface area (Å²) in [7, 11) is 1.70. The van der Waals surface area contributed by atoms with Crippen LogP contribution in [0.1, 0.15) is 5.56 Å². The average molecular weight is 278 g/mol. The molecule has 1 saturated heterocycles. The molecule has 0 saturated carbocycles. The van der Waals surface area contributed by atoms with E-state index in [9.17, 15) is 0 Å². The Labute approximate surface area is 122 Å². The highest BCUT2D eigenvalue weighted by Gasteiger charge is 2.21. The van der Waals surface area contributed by atoms with Gasteiger partial charge in [0.05, 0.1) is 19.8 Å². The van der Waals surface area contributed by atoms with Crippen LogP contribution >= 0.6 is 0 Å². The minimum atomic E-state index is 0.567. The molecule has 1 unspecified atom stereocenters. The zero-order chi connectivity index (χ0) is 14.0. The van der Waals surface area contributed by atoms with Gasteiger partial charge >= 0.3 is 0 Å². The summed E-state index contributed by atoms with van der Waals surface area (Å²) in [5.41, 5.74) is 1.41. The van der Waals surface area contributed by atoms with Crippen LogP contribution in [0.4, 0.5) is 0 Å². The summed E-state index contributed by atoms with van der Waals surface area (Å²) in [5.74, 6) is 0. The number of rotatable bonds is 8. The van der Waals surface area contributed by atoms with E-state index in [1.54, 1.807) is 7.11 Å². The highest BCUT2D eigenvalue weighted by atomic mass is 16.5. The third-order valence-electron chi connectivity index (χ3n) is 3.74. The fraction of sp³-hybridized carbons (Fsp3) is 0.625. The van der Waals surface area contributed by atoms with E-state index in [0.29, 0.717) is 19.3 Å². The van der Waals surface area contributed by atoms with E-state index in [-0.39, 0.29) is 0 Å². The predicted molar refractivity (Wildman–Crippen MR) is 81.1 cm³/mol. The van der Waals surface area contributed by atoms with Crippen LogP contribution < -0.4 is 5.32 Å². The number of nitrogens with zero attached hydrogens (tertiary/aromatic N) is 1. The van der Waals surface area contributed by atoms with Gasteiger partial charge in [0.25, 0.3) is 0 Å². The van der Waals surface area contributed by atoms with Crippen molar-refractivity contribution in [2.75, 3.05) is 53.1 Å². The molecular weight excluding hydrogens is 252 g/mol. The van der Waals surface area contributed by atoms with Crippen LogP contribution in [0.25, 0.3) is 0 Å². The molecule has 2 rings (SSSR count). The van der Waals surface area contributed by atoms with Gasteiger partial charge in [0.2, 0.25) is 0 Å². The van der Waals surface area contributed by atoms with Gasteiger partial charge in [-0.2, -0.15) is 0 Å². The van der Waals surface area contributed by atoms with Crippen LogP contribution in [-0.2, 0) is 15.9 Å². The van der Waals surface area contributed by atoms with Crippen molar-refractivity contribution < 1.29 is 9.47 Å². The van der Waals surface area contributed by atoms with Gasteiger partial charge in [-0.05, 0) is 12.0 Å². The molecule has 1 aliphatic heterocycles. The fourth-order valence-electron chi connectivity index (χ4n) is 2.61. The molecule has 0 amide bonds. The zero-order valence-corrected chi connectivity index (χ0v) is 12.4. The third-order valence-corrected chi connectivity index (χ3v) is 3.74. The molecule has 1 heterocycles. The number of ether oxygens (including phenoxy) is 2. The first-order valence-corrected chi connectivity index (χ1v) is 7.45. The van der Waals surface area contributed by atoms with E-state index < -0.39 is 0 Å². The van der Waals surface area contributed by atoms with Crippen molar-refractivity contribution in [2.24, 2.45) is 0 Å². The maximum atomic E-state index is 5.59. The topological polar surface area (TPSA) is 33.7 Å². The lowest BCUT2D eigenvalue weighted by molar-refractivity contribution is 0.0450. The molecule has 0 aliphatic carbocycles. The Balaban J connectivity index is 1.76. The number of nitrogens with one attached hydrogen (secondary N) is 1. The van der Waals surface area contributed by atoms with Gasteiger partial charge in [-0.25, -0.2) is 0 Å². The first kappa shape index (κ1) is 15.4. The van der Waals surface area contributed by atoms with E-state index >= 15 is 0 Å².